The number of hydrogen-bond acceptors (Lipinski definition) is 3. The topological polar surface area (TPSA) is 58.6 Å². The number of nitrogens with one attached hydrogen (secondary N) is 1. The zero-order valence-electron chi connectivity index (χ0n) is 16.0. The second-order valence-electron chi connectivity index (χ2n) is 7.01. The molecule has 2 aromatic rings. The number of halogens is 1. The molecule has 5 nitrogen and oxygen atoms in total. The summed E-state index contributed by atoms with van der Waals surface area (Å²) in [5.74, 6) is 0.144. The van der Waals surface area contributed by atoms with Gasteiger partial charge in [-0.25, -0.2) is 4.39 Å². The third kappa shape index (κ3) is 5.31. The highest BCUT2D eigenvalue weighted by Gasteiger charge is 2.33. The molecule has 1 atom stereocenters. The average molecular weight is 384 g/mol. The van der Waals surface area contributed by atoms with Gasteiger partial charge in [-0.1, -0.05) is 24.3 Å². The standard InChI is InChI=1S/C22H25FN2O3/c1-28-20-8-4-16(5-9-20)10-12-24-22(27)18-14-21(26)25(15-18)13-11-17-2-6-19(23)7-3-17/h2-9,18H,10-15H2,1H3,(H,24,27). The van der Waals surface area contributed by atoms with Gasteiger partial charge < -0.3 is 15.0 Å². The molecule has 148 valence electrons. The number of likely N-dealkylation sites (tertiary alicyclic amines) is 1. The number of amides is 2. The van der Waals surface area contributed by atoms with Crippen molar-refractivity contribution in [1.29, 1.82) is 0 Å². The largest absolute Gasteiger partial charge is 0.497 e. The van der Waals surface area contributed by atoms with E-state index < -0.39 is 0 Å². The van der Waals surface area contributed by atoms with Crippen LogP contribution in [-0.2, 0) is 22.4 Å². The first-order valence-corrected chi connectivity index (χ1v) is 9.48. The zero-order chi connectivity index (χ0) is 19.9. The summed E-state index contributed by atoms with van der Waals surface area (Å²) in [6, 6.07) is 14.0. The van der Waals surface area contributed by atoms with Gasteiger partial charge in [0.2, 0.25) is 11.8 Å². The van der Waals surface area contributed by atoms with Gasteiger partial charge in [0, 0.05) is 26.1 Å². The van der Waals surface area contributed by atoms with E-state index >= 15 is 0 Å². The number of rotatable bonds is 8. The number of benzene rings is 2. The minimum absolute atomic E-state index is 0.00239. The van der Waals surface area contributed by atoms with Crippen molar-refractivity contribution in [3.63, 3.8) is 0 Å². The van der Waals surface area contributed by atoms with Crippen LogP contribution in [0.5, 0.6) is 5.75 Å². The molecule has 0 bridgehead atoms. The molecule has 1 fully saturated rings. The Hall–Kier alpha value is -2.89. The molecule has 0 spiro atoms. The molecule has 1 heterocycles. The van der Waals surface area contributed by atoms with Crippen LogP contribution in [0.3, 0.4) is 0 Å². The molecule has 2 amide bonds. The molecule has 28 heavy (non-hydrogen) atoms. The second-order valence-corrected chi connectivity index (χ2v) is 7.01. The first kappa shape index (κ1) is 19.9. The maximum absolute atomic E-state index is 13.0. The summed E-state index contributed by atoms with van der Waals surface area (Å²) in [4.78, 5) is 26.3. The number of nitrogens with zero attached hydrogens (tertiary/aromatic N) is 1. The Morgan fingerprint density at radius 1 is 1.11 bits per heavy atom. The summed E-state index contributed by atoms with van der Waals surface area (Å²) in [7, 11) is 1.63. The van der Waals surface area contributed by atoms with Gasteiger partial charge in [-0.3, -0.25) is 9.59 Å². The van der Waals surface area contributed by atoms with Crippen molar-refractivity contribution >= 4 is 11.8 Å². The molecule has 6 heteroatoms. The lowest BCUT2D eigenvalue weighted by Gasteiger charge is -2.16. The molecule has 1 N–H and O–H groups in total. The highest BCUT2D eigenvalue weighted by atomic mass is 19.1. The summed E-state index contributed by atoms with van der Waals surface area (Å²) in [6.45, 7) is 1.51. The van der Waals surface area contributed by atoms with Crippen LogP contribution in [0.25, 0.3) is 0 Å². The Bertz CT molecular complexity index is 806. The molecule has 0 aromatic heterocycles. The maximum Gasteiger partial charge on any atom is 0.225 e. The van der Waals surface area contributed by atoms with Crippen molar-refractivity contribution in [1.82, 2.24) is 10.2 Å². The summed E-state index contributed by atoms with van der Waals surface area (Å²) in [5.41, 5.74) is 2.09. The zero-order valence-corrected chi connectivity index (χ0v) is 16.0. The van der Waals surface area contributed by atoms with E-state index in [0.29, 0.717) is 26.1 Å². The van der Waals surface area contributed by atoms with E-state index in [-0.39, 0.29) is 30.0 Å². The minimum Gasteiger partial charge on any atom is -0.497 e. The van der Waals surface area contributed by atoms with Crippen molar-refractivity contribution in [2.24, 2.45) is 5.92 Å². The van der Waals surface area contributed by atoms with Crippen LogP contribution >= 0.6 is 0 Å². The van der Waals surface area contributed by atoms with Gasteiger partial charge >= 0.3 is 0 Å². The van der Waals surface area contributed by atoms with Crippen molar-refractivity contribution in [3.05, 3.63) is 65.5 Å². The van der Waals surface area contributed by atoms with Gasteiger partial charge in [-0.15, -0.1) is 0 Å². The van der Waals surface area contributed by atoms with Gasteiger partial charge in [-0.2, -0.15) is 0 Å². The summed E-state index contributed by atoms with van der Waals surface area (Å²) < 4.78 is 18.1. The smallest absolute Gasteiger partial charge is 0.225 e. The van der Waals surface area contributed by atoms with Gasteiger partial charge in [0.25, 0.3) is 0 Å². The van der Waals surface area contributed by atoms with Crippen LogP contribution in [0.2, 0.25) is 0 Å². The summed E-state index contributed by atoms with van der Waals surface area (Å²) in [6.07, 6.45) is 1.63. The van der Waals surface area contributed by atoms with E-state index in [9.17, 15) is 14.0 Å². The van der Waals surface area contributed by atoms with Gasteiger partial charge in [0.15, 0.2) is 0 Å². The Kier molecular flexibility index (Phi) is 6.63. The predicted molar refractivity (Wildman–Crippen MR) is 104 cm³/mol. The minimum atomic E-state index is -0.309. The number of carbonyl (C=O) groups is 2. The molecule has 0 saturated carbocycles. The maximum atomic E-state index is 13.0. The third-order valence-electron chi connectivity index (χ3n) is 5.04. The van der Waals surface area contributed by atoms with Crippen molar-refractivity contribution in [2.75, 3.05) is 26.7 Å². The summed E-state index contributed by atoms with van der Waals surface area (Å²) >= 11 is 0. The van der Waals surface area contributed by atoms with Crippen molar-refractivity contribution < 1.29 is 18.7 Å². The van der Waals surface area contributed by atoms with Gasteiger partial charge in [0.1, 0.15) is 11.6 Å². The lowest BCUT2D eigenvalue weighted by molar-refractivity contribution is -0.129. The lowest BCUT2D eigenvalue weighted by Crippen LogP contribution is -2.34. The van der Waals surface area contributed by atoms with Crippen LogP contribution in [0, 0.1) is 11.7 Å². The molecule has 1 unspecified atom stereocenters. The van der Waals surface area contributed by atoms with Crippen molar-refractivity contribution in [2.45, 2.75) is 19.3 Å². The van der Waals surface area contributed by atoms with E-state index in [1.807, 2.05) is 24.3 Å². The second kappa shape index (κ2) is 9.35. The Labute approximate surface area is 164 Å². The molecular weight excluding hydrogens is 359 g/mol. The normalized spacial score (nSPS) is 16.3. The molecule has 0 aliphatic carbocycles. The lowest BCUT2D eigenvalue weighted by atomic mass is 10.1. The van der Waals surface area contributed by atoms with E-state index in [1.54, 1.807) is 24.1 Å². The van der Waals surface area contributed by atoms with E-state index in [2.05, 4.69) is 5.32 Å². The number of ether oxygens (including phenoxy) is 1. The SMILES string of the molecule is COc1ccc(CCNC(=O)C2CC(=O)N(CCc3ccc(F)cc3)C2)cc1. The first-order valence-electron chi connectivity index (χ1n) is 9.48. The molecule has 3 rings (SSSR count). The van der Waals surface area contributed by atoms with Crippen LogP contribution in [0.15, 0.2) is 48.5 Å². The van der Waals surface area contributed by atoms with Gasteiger partial charge in [0.05, 0.1) is 13.0 Å². The summed E-state index contributed by atoms with van der Waals surface area (Å²) in [5, 5.41) is 2.93. The van der Waals surface area contributed by atoms with Crippen molar-refractivity contribution in [3.8, 4) is 5.75 Å². The molecule has 2 aromatic carbocycles. The highest BCUT2D eigenvalue weighted by Crippen LogP contribution is 2.19. The fourth-order valence-electron chi connectivity index (χ4n) is 3.35. The molecule has 1 saturated heterocycles. The monoisotopic (exact) mass is 384 g/mol. The average Bonchev–Trinajstić information content (AvgIpc) is 3.09. The third-order valence-corrected chi connectivity index (χ3v) is 5.04. The quantitative estimate of drug-likeness (QED) is 0.761. The number of hydrogen-bond donors (Lipinski definition) is 1. The van der Waals surface area contributed by atoms with Crippen LogP contribution < -0.4 is 10.1 Å². The predicted octanol–water partition coefficient (Wildman–Crippen LogP) is 2.58. The fraction of sp³-hybridized carbons (Fsp3) is 0.364. The van der Waals surface area contributed by atoms with E-state index in [4.69, 9.17) is 4.74 Å². The molecule has 0 radical (unpaired) electrons. The number of carbonyl (C=O) groups excluding carboxylic acids is 2. The fourth-order valence-corrected chi connectivity index (χ4v) is 3.35. The van der Waals surface area contributed by atoms with Crippen LogP contribution in [0.4, 0.5) is 4.39 Å². The van der Waals surface area contributed by atoms with E-state index in [0.717, 1.165) is 23.3 Å². The van der Waals surface area contributed by atoms with Gasteiger partial charge in [-0.05, 0) is 48.2 Å². The first-order chi connectivity index (χ1) is 13.5. The van der Waals surface area contributed by atoms with E-state index in [1.165, 1.54) is 12.1 Å². The highest BCUT2D eigenvalue weighted by molar-refractivity contribution is 5.89. The molecule has 1 aliphatic heterocycles. The molecular formula is C22H25FN2O3. The Balaban J connectivity index is 1.41. The molecule has 1 aliphatic rings. The number of methoxy groups -OCH3 is 1. The Morgan fingerprint density at radius 2 is 1.75 bits per heavy atom. The Morgan fingerprint density at radius 3 is 2.43 bits per heavy atom. The van der Waals surface area contributed by atoms with Crippen LogP contribution in [0.1, 0.15) is 17.5 Å². The van der Waals surface area contributed by atoms with Crippen LogP contribution in [-0.4, -0.2) is 43.5 Å².